The van der Waals surface area contributed by atoms with Crippen molar-refractivity contribution < 1.29 is 0 Å². The highest BCUT2D eigenvalue weighted by Gasteiger charge is 2.36. The lowest BCUT2D eigenvalue weighted by molar-refractivity contribution is 0.178. The Morgan fingerprint density at radius 1 is 1.21 bits per heavy atom. The molecule has 102 valence electrons. The fourth-order valence-corrected chi connectivity index (χ4v) is 2.82. The van der Waals surface area contributed by atoms with Crippen LogP contribution in [0.4, 0.5) is 0 Å². The van der Waals surface area contributed by atoms with E-state index < -0.39 is 0 Å². The van der Waals surface area contributed by atoms with Crippen molar-refractivity contribution in [1.82, 2.24) is 4.90 Å². The second-order valence-corrected chi connectivity index (χ2v) is 6.08. The van der Waals surface area contributed by atoms with Crippen molar-refractivity contribution in [2.24, 2.45) is 5.92 Å². The number of nitriles is 1. The van der Waals surface area contributed by atoms with Crippen LogP contribution < -0.4 is 0 Å². The average molecular weight is 256 g/mol. The molecule has 1 heterocycles. The Hall–Kier alpha value is -1.33. The molecule has 1 aliphatic heterocycles. The number of nitrogens with zero attached hydrogens (tertiary/aromatic N) is 2. The molecule has 1 fully saturated rings. The predicted molar refractivity (Wildman–Crippen MR) is 78.9 cm³/mol. The molecule has 0 bridgehead atoms. The van der Waals surface area contributed by atoms with Crippen molar-refractivity contribution in [2.75, 3.05) is 19.6 Å². The first kappa shape index (κ1) is 14.1. The van der Waals surface area contributed by atoms with E-state index in [1.54, 1.807) is 0 Å². The quantitative estimate of drug-likeness (QED) is 0.823. The maximum Gasteiger partial charge on any atom is 0.0846 e. The number of hydrogen-bond donors (Lipinski definition) is 0. The summed E-state index contributed by atoms with van der Waals surface area (Å²) in [5.41, 5.74) is 0.941. The molecule has 0 atom stereocenters. The molecule has 2 nitrogen and oxygen atoms in total. The van der Waals surface area contributed by atoms with E-state index >= 15 is 0 Å². The number of benzene rings is 1. The van der Waals surface area contributed by atoms with Crippen molar-refractivity contribution in [1.29, 1.82) is 5.26 Å². The van der Waals surface area contributed by atoms with Crippen LogP contribution in [0.3, 0.4) is 0 Å². The molecule has 0 unspecified atom stereocenters. The first-order valence-corrected chi connectivity index (χ1v) is 7.35. The van der Waals surface area contributed by atoms with Crippen LogP contribution in [0.25, 0.3) is 0 Å². The van der Waals surface area contributed by atoms with Crippen LogP contribution in [0.5, 0.6) is 0 Å². The third-order valence-corrected chi connectivity index (χ3v) is 4.27. The molecule has 1 saturated heterocycles. The second kappa shape index (κ2) is 6.21. The van der Waals surface area contributed by atoms with Gasteiger partial charge in [-0.3, -0.25) is 0 Å². The summed E-state index contributed by atoms with van der Waals surface area (Å²) in [6.45, 7) is 7.82. The van der Waals surface area contributed by atoms with E-state index in [2.05, 4.69) is 36.9 Å². The summed E-state index contributed by atoms with van der Waals surface area (Å²) in [6.07, 6.45) is 3.18. The number of rotatable bonds is 4. The standard InChI is InChI=1S/C17H24N2/c1-15(2)8-11-19-12-9-17(14-18,10-13-19)16-6-4-3-5-7-16/h3-7,15H,8-13H2,1-2H3. The summed E-state index contributed by atoms with van der Waals surface area (Å²) >= 11 is 0. The second-order valence-electron chi connectivity index (χ2n) is 6.08. The molecule has 0 N–H and O–H groups in total. The highest BCUT2D eigenvalue weighted by atomic mass is 15.1. The Morgan fingerprint density at radius 3 is 2.37 bits per heavy atom. The molecule has 1 aromatic carbocycles. The minimum Gasteiger partial charge on any atom is -0.303 e. The van der Waals surface area contributed by atoms with Gasteiger partial charge < -0.3 is 4.90 Å². The summed E-state index contributed by atoms with van der Waals surface area (Å²) < 4.78 is 0. The van der Waals surface area contributed by atoms with Gasteiger partial charge in [-0.2, -0.15) is 5.26 Å². The molecule has 2 rings (SSSR count). The summed E-state index contributed by atoms with van der Waals surface area (Å²) in [4.78, 5) is 2.51. The summed E-state index contributed by atoms with van der Waals surface area (Å²) in [5, 5.41) is 9.63. The van der Waals surface area contributed by atoms with E-state index in [0.717, 1.165) is 31.8 Å². The summed E-state index contributed by atoms with van der Waals surface area (Å²) in [5.74, 6) is 0.761. The van der Waals surface area contributed by atoms with E-state index in [0.29, 0.717) is 0 Å². The third kappa shape index (κ3) is 3.36. The Kier molecular flexibility index (Phi) is 4.61. The lowest BCUT2D eigenvalue weighted by Crippen LogP contribution is -2.42. The molecule has 0 amide bonds. The first-order valence-electron chi connectivity index (χ1n) is 7.35. The summed E-state index contributed by atoms with van der Waals surface area (Å²) in [7, 11) is 0. The molecular weight excluding hydrogens is 232 g/mol. The topological polar surface area (TPSA) is 27.0 Å². The molecule has 1 aliphatic rings. The van der Waals surface area contributed by atoms with Gasteiger partial charge in [0.15, 0.2) is 0 Å². The van der Waals surface area contributed by atoms with Gasteiger partial charge in [0.1, 0.15) is 0 Å². The van der Waals surface area contributed by atoms with Crippen molar-refractivity contribution in [3.8, 4) is 6.07 Å². The number of piperidine rings is 1. The van der Waals surface area contributed by atoms with Crippen molar-refractivity contribution >= 4 is 0 Å². The molecule has 0 saturated carbocycles. The van der Waals surface area contributed by atoms with Crippen LogP contribution in [0.1, 0.15) is 38.7 Å². The Labute approximate surface area is 117 Å². The summed E-state index contributed by atoms with van der Waals surface area (Å²) in [6, 6.07) is 12.9. The smallest absolute Gasteiger partial charge is 0.0846 e. The van der Waals surface area contributed by atoms with E-state index in [4.69, 9.17) is 0 Å². The lowest BCUT2D eigenvalue weighted by Gasteiger charge is -2.37. The zero-order chi connectivity index (χ0) is 13.7. The van der Waals surface area contributed by atoms with Crippen LogP contribution in [0, 0.1) is 17.2 Å². The van der Waals surface area contributed by atoms with Crippen LogP contribution in [0.15, 0.2) is 30.3 Å². The molecule has 0 spiro atoms. The minimum atomic E-state index is -0.254. The van der Waals surface area contributed by atoms with Gasteiger partial charge in [-0.1, -0.05) is 44.2 Å². The van der Waals surface area contributed by atoms with Crippen LogP contribution >= 0.6 is 0 Å². The van der Waals surface area contributed by atoms with Crippen molar-refractivity contribution in [2.45, 2.75) is 38.5 Å². The van der Waals surface area contributed by atoms with E-state index in [9.17, 15) is 5.26 Å². The third-order valence-electron chi connectivity index (χ3n) is 4.27. The van der Waals surface area contributed by atoms with Crippen molar-refractivity contribution in [3.05, 3.63) is 35.9 Å². The van der Waals surface area contributed by atoms with Gasteiger partial charge in [0, 0.05) is 0 Å². The van der Waals surface area contributed by atoms with Crippen molar-refractivity contribution in [3.63, 3.8) is 0 Å². The van der Waals surface area contributed by atoms with Gasteiger partial charge in [0.25, 0.3) is 0 Å². The Bertz CT molecular complexity index is 422. The SMILES string of the molecule is CC(C)CCN1CCC(C#N)(c2ccccc2)CC1. The molecule has 1 aromatic rings. The van der Waals surface area contributed by atoms with Gasteiger partial charge in [0.05, 0.1) is 11.5 Å². The first-order chi connectivity index (χ1) is 9.16. The molecule has 19 heavy (non-hydrogen) atoms. The largest absolute Gasteiger partial charge is 0.303 e. The van der Waals surface area contributed by atoms with Gasteiger partial charge in [-0.25, -0.2) is 0 Å². The molecular formula is C17H24N2. The molecule has 2 heteroatoms. The molecule has 0 aliphatic carbocycles. The normalized spacial score (nSPS) is 19.3. The van der Waals surface area contributed by atoms with E-state index in [1.807, 2.05) is 18.2 Å². The number of likely N-dealkylation sites (tertiary alicyclic amines) is 1. The van der Waals surface area contributed by atoms with E-state index in [-0.39, 0.29) is 5.41 Å². The predicted octanol–water partition coefficient (Wildman–Crippen LogP) is 3.59. The van der Waals surface area contributed by atoms with Gasteiger partial charge >= 0.3 is 0 Å². The van der Waals surface area contributed by atoms with E-state index in [1.165, 1.54) is 18.5 Å². The highest BCUT2D eigenvalue weighted by Crippen LogP contribution is 2.34. The van der Waals surface area contributed by atoms with Crippen LogP contribution in [-0.4, -0.2) is 24.5 Å². The van der Waals surface area contributed by atoms with Crippen LogP contribution in [-0.2, 0) is 5.41 Å². The van der Waals surface area contributed by atoms with Crippen LogP contribution in [0.2, 0.25) is 0 Å². The van der Waals surface area contributed by atoms with Gasteiger partial charge in [0.2, 0.25) is 0 Å². The highest BCUT2D eigenvalue weighted by molar-refractivity contribution is 5.33. The Balaban J connectivity index is 1.99. The van der Waals surface area contributed by atoms with Gasteiger partial charge in [-0.05, 0) is 50.4 Å². The maximum atomic E-state index is 9.63. The Morgan fingerprint density at radius 2 is 1.84 bits per heavy atom. The minimum absolute atomic E-state index is 0.254. The fourth-order valence-electron chi connectivity index (χ4n) is 2.82. The molecule has 0 radical (unpaired) electrons. The lowest BCUT2D eigenvalue weighted by atomic mass is 9.74. The maximum absolute atomic E-state index is 9.63. The monoisotopic (exact) mass is 256 g/mol. The zero-order valence-electron chi connectivity index (χ0n) is 12.1. The zero-order valence-corrected chi connectivity index (χ0v) is 12.1. The van der Waals surface area contributed by atoms with Gasteiger partial charge in [-0.15, -0.1) is 0 Å². The number of hydrogen-bond acceptors (Lipinski definition) is 2. The fraction of sp³-hybridized carbons (Fsp3) is 0.588. The average Bonchev–Trinajstić information content (AvgIpc) is 2.46. The molecule has 0 aromatic heterocycles.